The molecule has 0 spiro atoms. The summed E-state index contributed by atoms with van der Waals surface area (Å²) in [7, 11) is 0. The molecule has 0 N–H and O–H groups in total. The molecule has 0 heterocycles. The van der Waals surface area contributed by atoms with Gasteiger partial charge in [-0.15, -0.1) is 0 Å². The average Bonchev–Trinajstić information content (AvgIpc) is 0.775. The fraction of sp³-hybridized carbons (Fsp3) is 0.364. The first-order valence-corrected chi connectivity index (χ1v) is 50.0. The summed E-state index contributed by atoms with van der Waals surface area (Å²) in [6, 6.07) is 125. The van der Waals surface area contributed by atoms with Gasteiger partial charge in [0.15, 0.2) is 0 Å². The number of benzene rings is 16. The lowest BCUT2D eigenvalue weighted by Gasteiger charge is -2.06. The molecule has 0 aromatic heterocycles. The van der Waals surface area contributed by atoms with E-state index in [0.717, 1.165) is 0 Å². The molecule has 708 valence electrons. The standard InChI is InChI=1S/C15H12.5C11H10.3C7H8.C5H12.5C3H8.9C2H6/c1-11-14-8-4-2-6-12(14)10-13-7-3-5-9-15(11)13;2*1-9-5-4-7-10-6-2-3-8-11(9)10;3*1-9-6-7-10-4-2-3-5-11(10)8-9;3*1-7-5-3-2-4-6-7;1-3-5-4-2;5*1-3-2;9*1-2/h2-10H,1H3;5*2-8H,1H3;3*2-6H,1H3;3-5H2,1-2H3;5*3H2,1-2H3;9*1-2H3. The topological polar surface area (TPSA) is 0 Å². The van der Waals surface area contributed by atoms with Crippen molar-refractivity contribution in [1.82, 2.24) is 0 Å². The Morgan fingerprint density at radius 2 is 0.318 bits per heavy atom. The fourth-order valence-electron chi connectivity index (χ4n) is 10.9. The molecule has 0 saturated heterocycles. The number of hydrogen-bond donors (Lipinski definition) is 0. The van der Waals surface area contributed by atoms with E-state index >= 15 is 0 Å². The van der Waals surface area contributed by atoms with Crippen molar-refractivity contribution in [3.05, 3.63) is 408 Å². The lowest BCUT2D eigenvalue weighted by molar-refractivity contribution is 0.772. The molecular formula is C129H192. The maximum absolute atomic E-state index is 2.26. The summed E-state index contributed by atoms with van der Waals surface area (Å²) in [4.78, 5) is 0. The molecule has 0 aliphatic heterocycles. The van der Waals surface area contributed by atoms with Crippen molar-refractivity contribution in [2.75, 3.05) is 0 Å². The van der Waals surface area contributed by atoms with Crippen LogP contribution in [0, 0.1) is 62.3 Å². The minimum Gasteiger partial charge on any atom is -0.0683 e. The van der Waals surface area contributed by atoms with Crippen molar-refractivity contribution in [3.8, 4) is 0 Å². The highest BCUT2D eigenvalue weighted by molar-refractivity contribution is 6.02. The van der Waals surface area contributed by atoms with E-state index in [-0.39, 0.29) is 0 Å². The SMILES string of the molecule is CC.CC.CC.CC.CC.CC.CC.CC.CC.CCC.CCC.CCC.CCC.CCC.CCCCC.Cc1c2ccccc2cc2ccccc12.Cc1ccc2ccccc2c1.Cc1ccc2ccccc2c1.Cc1ccc2ccccc2c1.Cc1cccc2ccccc12.Cc1cccc2ccccc12.Cc1ccccc1.Cc1ccccc1.Cc1ccccc1. The van der Waals surface area contributed by atoms with E-state index in [9.17, 15) is 0 Å². The molecule has 0 nitrogen and oxygen atoms in total. The van der Waals surface area contributed by atoms with Gasteiger partial charge in [-0.2, -0.15) is 0 Å². The van der Waals surface area contributed by atoms with E-state index in [1.807, 2.05) is 179 Å². The highest BCUT2D eigenvalue weighted by atomic mass is 14.1. The van der Waals surface area contributed by atoms with Crippen LogP contribution < -0.4 is 0 Å². The van der Waals surface area contributed by atoms with Crippen molar-refractivity contribution in [2.45, 2.75) is 321 Å². The van der Waals surface area contributed by atoms with Gasteiger partial charge in [0, 0.05) is 0 Å². The van der Waals surface area contributed by atoms with Crippen LogP contribution >= 0.6 is 0 Å². The Bertz CT molecular complexity index is 4500. The third-order valence-electron chi connectivity index (χ3n) is 16.3. The molecule has 0 atom stereocenters. The summed E-state index contributed by atoms with van der Waals surface area (Å²) >= 11 is 0. The molecule has 0 aliphatic rings. The second-order valence-corrected chi connectivity index (χ2v) is 27.9. The van der Waals surface area contributed by atoms with Crippen LogP contribution in [0.5, 0.6) is 0 Å². The smallest absolute Gasteiger partial charge is 0.0148 e. The molecule has 0 amide bonds. The van der Waals surface area contributed by atoms with Gasteiger partial charge in [0.1, 0.15) is 0 Å². The largest absolute Gasteiger partial charge is 0.0683 e. The Kier molecular flexibility index (Phi) is 105. The Hall–Kier alpha value is -10.7. The van der Waals surface area contributed by atoms with Crippen LogP contribution in [-0.4, -0.2) is 0 Å². The Balaban J connectivity index is -0.000000204. The van der Waals surface area contributed by atoms with Crippen molar-refractivity contribution in [1.29, 1.82) is 0 Å². The molecule has 16 aromatic carbocycles. The van der Waals surface area contributed by atoms with Crippen LogP contribution in [0.25, 0.3) is 75.4 Å². The Morgan fingerprint density at radius 3 is 0.512 bits per heavy atom. The second-order valence-electron chi connectivity index (χ2n) is 27.9. The molecule has 0 heteroatoms. The Morgan fingerprint density at radius 1 is 0.140 bits per heavy atom. The van der Waals surface area contributed by atoms with Crippen molar-refractivity contribution >= 4 is 75.4 Å². The molecule has 0 unspecified atom stereocenters. The molecule has 129 heavy (non-hydrogen) atoms. The maximum Gasteiger partial charge on any atom is -0.0148 e. The van der Waals surface area contributed by atoms with Gasteiger partial charge in [-0.05, 0) is 160 Å². The maximum atomic E-state index is 2.26. The van der Waals surface area contributed by atoms with Gasteiger partial charge in [-0.3, -0.25) is 0 Å². The van der Waals surface area contributed by atoms with Crippen LogP contribution in [0.3, 0.4) is 0 Å². The average molecular weight is 1740 g/mol. The molecule has 0 aliphatic carbocycles. The number of aryl methyl sites for hydroxylation is 9. The van der Waals surface area contributed by atoms with Crippen LogP contribution in [0.1, 0.15) is 309 Å². The second kappa shape index (κ2) is 101. The van der Waals surface area contributed by atoms with E-state index in [4.69, 9.17) is 0 Å². The molecule has 0 saturated carbocycles. The van der Waals surface area contributed by atoms with E-state index in [2.05, 4.69) is 449 Å². The van der Waals surface area contributed by atoms with Crippen molar-refractivity contribution < 1.29 is 0 Å². The zero-order chi connectivity index (χ0) is 99.7. The first kappa shape index (κ1) is 134. The summed E-state index contributed by atoms with van der Waals surface area (Å²) in [6.45, 7) is 80.8. The number of unbranched alkanes of at least 4 members (excludes halogenated alkanes) is 2. The molecule has 16 rings (SSSR count). The number of rotatable bonds is 2. The van der Waals surface area contributed by atoms with Gasteiger partial charge in [0.2, 0.25) is 0 Å². The van der Waals surface area contributed by atoms with Crippen LogP contribution in [0.15, 0.2) is 358 Å². The predicted molar refractivity (Wildman–Crippen MR) is 610 cm³/mol. The van der Waals surface area contributed by atoms with E-state index < -0.39 is 0 Å². The third kappa shape index (κ3) is 68.2. The summed E-state index contributed by atoms with van der Waals surface area (Å²) in [6.07, 6.45) is 10.3. The highest BCUT2D eigenvalue weighted by Gasteiger charge is 2.02. The first-order chi connectivity index (χ1) is 62.9. The summed E-state index contributed by atoms with van der Waals surface area (Å²) < 4.78 is 0. The van der Waals surface area contributed by atoms with Gasteiger partial charge in [-0.25, -0.2) is 0 Å². The zero-order valence-electron chi connectivity index (χ0n) is 90.2. The monoisotopic (exact) mass is 1740 g/mol. The molecule has 16 aromatic rings. The van der Waals surface area contributed by atoms with Gasteiger partial charge >= 0.3 is 0 Å². The quantitative estimate of drug-likeness (QED) is 0.151. The third-order valence-corrected chi connectivity index (χ3v) is 16.3. The lowest BCUT2D eigenvalue weighted by Crippen LogP contribution is -1.81. The summed E-state index contributed by atoms with van der Waals surface area (Å²) in [5.41, 5.74) is 12.0. The van der Waals surface area contributed by atoms with E-state index in [1.165, 1.54) is 177 Å². The van der Waals surface area contributed by atoms with Crippen LogP contribution in [0.4, 0.5) is 0 Å². The van der Waals surface area contributed by atoms with Crippen molar-refractivity contribution in [3.63, 3.8) is 0 Å². The normalized spacial score (nSPS) is 8.52. The number of fused-ring (bicyclic) bond motifs is 7. The predicted octanol–water partition coefficient (Wildman–Crippen LogP) is 44.5. The fourth-order valence-corrected chi connectivity index (χ4v) is 10.9. The highest BCUT2D eigenvalue weighted by Crippen LogP contribution is 2.28. The molecule has 0 bridgehead atoms. The summed E-state index contributed by atoms with van der Waals surface area (Å²) in [5.74, 6) is 0. The minimum absolute atomic E-state index is 1.25. The van der Waals surface area contributed by atoms with Crippen LogP contribution in [-0.2, 0) is 0 Å². The van der Waals surface area contributed by atoms with Gasteiger partial charge in [-0.1, -0.05) is 644 Å². The van der Waals surface area contributed by atoms with Gasteiger partial charge < -0.3 is 0 Å². The molecular weight excluding hydrogens is 1550 g/mol. The molecule has 0 radical (unpaired) electrons. The van der Waals surface area contributed by atoms with E-state index in [1.54, 1.807) is 0 Å². The number of hydrogen-bond acceptors (Lipinski definition) is 0. The zero-order valence-corrected chi connectivity index (χ0v) is 90.2. The Labute approximate surface area is 799 Å². The first-order valence-electron chi connectivity index (χ1n) is 50.0. The van der Waals surface area contributed by atoms with Crippen LogP contribution in [0.2, 0.25) is 0 Å². The molecule has 0 fully saturated rings. The van der Waals surface area contributed by atoms with Gasteiger partial charge in [0.05, 0.1) is 0 Å². The minimum atomic E-state index is 1.25. The summed E-state index contributed by atoms with van der Waals surface area (Å²) in [5, 5.41) is 18.7. The van der Waals surface area contributed by atoms with E-state index in [0.29, 0.717) is 0 Å². The lowest BCUT2D eigenvalue weighted by atomic mass is 9.98. The van der Waals surface area contributed by atoms with Gasteiger partial charge in [0.25, 0.3) is 0 Å². The van der Waals surface area contributed by atoms with Crippen molar-refractivity contribution in [2.24, 2.45) is 0 Å².